The number of aliphatic hydroxyl groups is 3. The van der Waals surface area contributed by atoms with Crippen molar-refractivity contribution in [3.8, 4) is 0 Å². The van der Waals surface area contributed by atoms with Gasteiger partial charge in [-0.25, -0.2) is 37.5 Å². The van der Waals surface area contributed by atoms with Crippen LogP contribution >= 0.6 is 0 Å². The summed E-state index contributed by atoms with van der Waals surface area (Å²) in [6, 6.07) is 0. The van der Waals surface area contributed by atoms with Crippen molar-refractivity contribution in [2.45, 2.75) is 273 Å². The van der Waals surface area contributed by atoms with Crippen molar-refractivity contribution >= 4 is 39.9 Å². The van der Waals surface area contributed by atoms with Crippen molar-refractivity contribution in [2.24, 2.45) is 99.3 Å². The average molecular weight is 1420 g/mol. The Kier molecular flexibility index (Phi) is 32.1. The number of fused-ring (bicyclic) bond motifs is 2. The zero-order valence-electron chi connectivity index (χ0n) is 58.9. The van der Waals surface area contributed by atoms with Crippen LogP contribution in [0.25, 0.3) is 0 Å². The van der Waals surface area contributed by atoms with Gasteiger partial charge in [0, 0.05) is 39.7 Å². The van der Waals surface area contributed by atoms with Gasteiger partial charge in [0.15, 0.2) is 6.79 Å². The number of methoxy groups -OCH3 is 1. The van der Waals surface area contributed by atoms with Crippen LogP contribution in [0, 0.1) is 94.2 Å². The van der Waals surface area contributed by atoms with E-state index < -0.39 is 27.2 Å². The summed E-state index contributed by atoms with van der Waals surface area (Å²) in [5.74, 6) is 9.75. The highest BCUT2D eigenvalue weighted by molar-refractivity contribution is 7.88. The van der Waals surface area contributed by atoms with E-state index in [-0.39, 0.29) is 96.8 Å². The number of rotatable bonds is 17. The zero-order valence-corrected chi connectivity index (χ0v) is 59.8. The van der Waals surface area contributed by atoms with Crippen LogP contribution in [0.15, 0.2) is 60.8 Å². The van der Waals surface area contributed by atoms with Crippen LogP contribution < -0.4 is 5.14 Å². The molecule has 0 heterocycles. The summed E-state index contributed by atoms with van der Waals surface area (Å²) in [7, 11) is -1.84. The molecule has 5 N–H and O–H groups in total. The SMILES string of the molecule is C.C.C.C.C1CC2CCC1C2.C=C(C)C(=O)OC.C=C(C)C(=O)OC12CC3CC(CC(OCCO)(C3)C1)C2.C=C(C)C(=O)OCC(C)(O)C12CC3CC(CC(C3)C1)C2.C=C(C)C(=O)OCC1(O)C2CC3CC(C2)CC1C3.C=C(C)C(=O)OCOC1C2CC3CC(C2)CC1C3.CS(N)(=O)=O. The van der Waals surface area contributed by atoms with Gasteiger partial charge >= 0.3 is 29.8 Å². The van der Waals surface area contributed by atoms with Gasteiger partial charge in [-0.05, 0) is 272 Å². The number of ether oxygens (including phenoxy) is 7. The van der Waals surface area contributed by atoms with Gasteiger partial charge < -0.3 is 48.5 Å². The standard InChI is InChI=1S/C17H26O3.C16H24O4.2C15H22O3.C7H12.C5H8O2.CH5NO2S.4CH4/c1-11(2)15(18)20-10-16(3,19)17-7-12-4-13(8-17)6-14(5-12)9-17;1-11(2)14(18)20-16-8-12-5-13(9-16)7-15(6-12,10-16)19-4-3-17;1-9(2)15(16)18-8-17-14-12-4-10-3-11(6-12)7-13(14)5-10;1-9(2)14(16)18-8-15(17)12-4-10-3-11(6-12)7-13(15)5-10;1-2-7-4-3-6(1)5-7;1-4(2)5(6)7-3;1-5(2,3)4;;;;/h12-14,19H,1,4-10H2,2-3H3;12-13,17H,1,3-10H2,2H3;10-14H,1,3-8H2,2H3;10-13,17H,1,3-8H2,2H3;6-7H,1-5H2;1H2,2-3H3;1H3,(H2,2,3,4);4*1H4. The van der Waals surface area contributed by atoms with E-state index in [1.807, 2.05) is 6.92 Å². The van der Waals surface area contributed by atoms with Gasteiger partial charge in [0.2, 0.25) is 10.0 Å². The van der Waals surface area contributed by atoms with E-state index in [0.717, 1.165) is 125 Å². The number of carbonyl (C=O) groups excluding carboxylic acids is 5. The van der Waals surface area contributed by atoms with Crippen LogP contribution in [0.1, 0.15) is 245 Å². The first-order valence-electron chi connectivity index (χ1n) is 35.9. The lowest BCUT2D eigenvalue weighted by atomic mass is 9.45. The summed E-state index contributed by atoms with van der Waals surface area (Å²) in [4.78, 5) is 56.5. The summed E-state index contributed by atoms with van der Waals surface area (Å²) in [6.07, 6.45) is 35.1. The van der Waals surface area contributed by atoms with Crippen molar-refractivity contribution in [1.29, 1.82) is 0 Å². The second-order valence-electron chi connectivity index (χ2n) is 33.2. The predicted molar refractivity (Wildman–Crippen MR) is 389 cm³/mol. The molecule has 18 aliphatic carbocycles. The van der Waals surface area contributed by atoms with Gasteiger partial charge in [-0.15, -0.1) is 0 Å². The Morgan fingerprint density at radius 1 is 0.505 bits per heavy atom. The average Bonchev–Trinajstić information content (AvgIpc) is 0.977. The molecule has 0 spiro atoms. The fourth-order valence-electron chi connectivity index (χ4n) is 21.5. The van der Waals surface area contributed by atoms with E-state index in [1.165, 1.54) is 83.2 Å². The van der Waals surface area contributed by atoms with Gasteiger partial charge in [0.25, 0.3) is 0 Å². The van der Waals surface area contributed by atoms with E-state index in [1.54, 1.807) is 66.7 Å². The first kappa shape index (κ1) is 87.2. The highest BCUT2D eigenvalue weighted by Crippen LogP contribution is 2.65. The van der Waals surface area contributed by atoms with Crippen LogP contribution in [-0.2, 0) is 67.2 Å². The number of sulfonamides is 1. The summed E-state index contributed by atoms with van der Waals surface area (Å²) in [5.41, 5.74) is -0.104. The molecule has 18 fully saturated rings. The van der Waals surface area contributed by atoms with Crippen LogP contribution in [0.5, 0.6) is 0 Å². The largest absolute Gasteiger partial charge is 0.466 e. The van der Waals surface area contributed by atoms with E-state index in [9.17, 15) is 42.6 Å². The first-order valence-corrected chi connectivity index (χ1v) is 37.9. The maximum absolute atomic E-state index is 11.9. The molecule has 3 atom stereocenters. The summed E-state index contributed by atoms with van der Waals surface area (Å²) in [5, 5.41) is 35.3. The molecule has 99 heavy (non-hydrogen) atoms. The fourth-order valence-corrected chi connectivity index (χ4v) is 21.5. The van der Waals surface area contributed by atoms with E-state index in [2.05, 4.69) is 42.8 Å². The van der Waals surface area contributed by atoms with Gasteiger partial charge in [0.05, 0.1) is 38.3 Å². The van der Waals surface area contributed by atoms with Crippen LogP contribution in [0.3, 0.4) is 0 Å². The number of carbonyl (C=O) groups is 5. The van der Waals surface area contributed by atoms with Gasteiger partial charge in [-0.1, -0.05) is 88.3 Å². The molecule has 18 aliphatic rings. The van der Waals surface area contributed by atoms with E-state index in [0.29, 0.717) is 76.1 Å². The molecule has 568 valence electrons. The molecule has 18 rings (SSSR count). The van der Waals surface area contributed by atoms with Crippen molar-refractivity contribution in [3.05, 3.63) is 60.8 Å². The van der Waals surface area contributed by atoms with Crippen molar-refractivity contribution < 1.29 is 80.9 Å². The molecule has 18 bridgehead atoms. The topological polar surface area (TPSA) is 271 Å². The van der Waals surface area contributed by atoms with E-state index >= 15 is 0 Å². The Bertz CT molecular complexity index is 2780. The molecule has 0 amide bonds. The molecule has 0 aromatic rings. The van der Waals surface area contributed by atoms with Crippen molar-refractivity contribution in [2.75, 3.05) is 46.6 Å². The number of aliphatic hydroxyl groups excluding tert-OH is 1. The third-order valence-electron chi connectivity index (χ3n) is 24.6. The molecule has 18 saturated carbocycles. The molecular formula is C80H135NO17S. The highest BCUT2D eigenvalue weighted by Gasteiger charge is 2.62. The quantitative estimate of drug-likeness (QED) is 0.0456. The van der Waals surface area contributed by atoms with Gasteiger partial charge in [-0.2, -0.15) is 0 Å². The van der Waals surface area contributed by atoms with Gasteiger partial charge in [-0.3, -0.25) is 0 Å². The molecule has 0 aliphatic heterocycles. The maximum Gasteiger partial charge on any atom is 0.335 e. The molecule has 0 radical (unpaired) electrons. The third kappa shape index (κ3) is 22.9. The number of nitrogens with two attached hydrogens (primary N) is 1. The molecular weight excluding hydrogens is 1280 g/mol. The number of esters is 5. The monoisotopic (exact) mass is 1410 g/mol. The Balaban J connectivity index is 0.000000254. The minimum absolute atomic E-state index is 0. The Morgan fingerprint density at radius 3 is 1.22 bits per heavy atom. The third-order valence-corrected chi connectivity index (χ3v) is 24.6. The molecule has 0 aromatic carbocycles. The van der Waals surface area contributed by atoms with Crippen molar-refractivity contribution in [1.82, 2.24) is 0 Å². The number of hydrogen-bond donors (Lipinski definition) is 4. The molecule has 0 saturated heterocycles. The van der Waals surface area contributed by atoms with Crippen LogP contribution in [-0.4, -0.2) is 129 Å². The molecule has 19 heteroatoms. The van der Waals surface area contributed by atoms with Crippen molar-refractivity contribution in [3.63, 3.8) is 0 Å². The van der Waals surface area contributed by atoms with Crippen LogP contribution in [0.2, 0.25) is 0 Å². The minimum atomic E-state index is -3.17. The zero-order chi connectivity index (χ0) is 69.6. The molecule has 0 aromatic heterocycles. The second kappa shape index (κ2) is 36.5. The second-order valence-corrected chi connectivity index (χ2v) is 34.8. The Labute approximate surface area is 597 Å². The van der Waals surface area contributed by atoms with Gasteiger partial charge in [0.1, 0.15) is 30.0 Å². The molecule has 3 unspecified atom stereocenters. The number of hydrogen-bond acceptors (Lipinski definition) is 17. The normalized spacial score (nSPS) is 36.9. The summed E-state index contributed by atoms with van der Waals surface area (Å²) >= 11 is 0. The highest BCUT2D eigenvalue weighted by atomic mass is 32.2. The number of primary sulfonamides is 1. The summed E-state index contributed by atoms with van der Waals surface area (Å²) < 4.78 is 56.3. The maximum atomic E-state index is 11.9. The Hall–Kier alpha value is -4.24. The lowest BCUT2D eigenvalue weighted by Crippen LogP contribution is -2.61. The van der Waals surface area contributed by atoms with E-state index in [4.69, 9.17) is 33.5 Å². The molecule has 18 nitrogen and oxygen atoms in total. The summed E-state index contributed by atoms with van der Waals surface area (Å²) in [6.45, 7) is 28.7. The first-order chi connectivity index (χ1) is 44.5. The lowest BCUT2D eigenvalue weighted by Gasteiger charge is -2.61. The smallest absolute Gasteiger partial charge is 0.335 e. The fraction of sp³-hybridized carbons (Fsp3) is 0.812. The predicted octanol–water partition coefficient (Wildman–Crippen LogP) is 14.9. The Morgan fingerprint density at radius 2 is 0.859 bits per heavy atom. The lowest BCUT2D eigenvalue weighted by molar-refractivity contribution is -0.233. The minimum Gasteiger partial charge on any atom is -0.466 e. The van der Waals surface area contributed by atoms with Crippen LogP contribution in [0.4, 0.5) is 0 Å².